The van der Waals surface area contributed by atoms with Gasteiger partial charge < -0.3 is 15.3 Å². The van der Waals surface area contributed by atoms with Crippen molar-refractivity contribution in [1.82, 2.24) is 10.2 Å². The average molecular weight is 184 g/mol. The number of nitrogens with zero attached hydrogens (tertiary/aromatic N) is 1. The number of carbonyl (C=O) groups is 1. The van der Waals surface area contributed by atoms with E-state index in [9.17, 15) is 9.90 Å². The fourth-order valence-electron chi connectivity index (χ4n) is 1.21. The Kier molecular flexibility index (Phi) is 3.45. The van der Waals surface area contributed by atoms with E-state index >= 15 is 0 Å². The number of carbonyl (C=O) groups excluding carboxylic acids is 1. The van der Waals surface area contributed by atoms with Crippen LogP contribution in [0.1, 0.15) is 6.42 Å². The minimum Gasteiger partial charge on any atom is -0.389 e. The zero-order chi connectivity index (χ0) is 9.84. The fraction of sp³-hybridized carbons (Fsp3) is 0.667. The molecule has 1 aliphatic rings. The van der Waals surface area contributed by atoms with Gasteiger partial charge in [0.05, 0.1) is 6.10 Å². The summed E-state index contributed by atoms with van der Waals surface area (Å²) >= 11 is 0. The summed E-state index contributed by atoms with van der Waals surface area (Å²) in [5.41, 5.74) is 0.782. The topological polar surface area (TPSA) is 52.6 Å². The Balaban J connectivity index is 2.62. The Labute approximate surface area is 78.2 Å². The molecule has 74 valence electrons. The highest BCUT2D eigenvalue weighted by atomic mass is 16.3. The van der Waals surface area contributed by atoms with E-state index in [0.717, 1.165) is 12.1 Å². The first-order valence-electron chi connectivity index (χ1n) is 4.42. The highest BCUT2D eigenvalue weighted by molar-refractivity contribution is 5.88. The van der Waals surface area contributed by atoms with Crippen molar-refractivity contribution in [3.63, 3.8) is 0 Å². The lowest BCUT2D eigenvalue weighted by Crippen LogP contribution is -2.34. The van der Waals surface area contributed by atoms with E-state index in [1.54, 1.807) is 14.1 Å². The molecule has 0 aromatic heterocycles. The Morgan fingerprint density at radius 1 is 1.69 bits per heavy atom. The molecule has 4 heteroatoms. The van der Waals surface area contributed by atoms with E-state index in [4.69, 9.17) is 0 Å². The zero-order valence-corrected chi connectivity index (χ0v) is 8.08. The summed E-state index contributed by atoms with van der Waals surface area (Å²) in [6.07, 6.45) is 1.74. The van der Waals surface area contributed by atoms with Gasteiger partial charge in [0.25, 0.3) is 0 Å². The standard InChI is InChI=1S/C9H16N2O2/c1-11(2)9(13)5-7-6-10-4-3-8(7)12/h5,8,10,12H,3-4,6H2,1-2H3. The molecule has 1 unspecified atom stereocenters. The normalized spacial score (nSPS) is 26.1. The van der Waals surface area contributed by atoms with E-state index in [1.165, 1.54) is 11.0 Å². The van der Waals surface area contributed by atoms with E-state index in [0.29, 0.717) is 13.0 Å². The highest BCUT2D eigenvalue weighted by Crippen LogP contribution is 2.09. The molecule has 1 saturated heterocycles. The molecule has 0 saturated carbocycles. The third kappa shape index (κ3) is 2.82. The predicted molar refractivity (Wildman–Crippen MR) is 50.3 cm³/mol. The van der Waals surface area contributed by atoms with Gasteiger partial charge in [-0.25, -0.2) is 0 Å². The van der Waals surface area contributed by atoms with Crippen molar-refractivity contribution in [2.24, 2.45) is 0 Å². The van der Waals surface area contributed by atoms with Crippen molar-refractivity contribution >= 4 is 5.91 Å². The minimum absolute atomic E-state index is 0.0715. The number of hydrogen-bond donors (Lipinski definition) is 2. The second kappa shape index (κ2) is 4.39. The van der Waals surface area contributed by atoms with Gasteiger partial charge in [0.1, 0.15) is 0 Å². The number of nitrogens with one attached hydrogen (secondary N) is 1. The van der Waals surface area contributed by atoms with Crippen molar-refractivity contribution in [1.29, 1.82) is 0 Å². The third-order valence-corrected chi connectivity index (χ3v) is 2.10. The zero-order valence-electron chi connectivity index (χ0n) is 8.08. The van der Waals surface area contributed by atoms with Gasteiger partial charge in [0.15, 0.2) is 0 Å². The number of rotatable bonds is 1. The van der Waals surface area contributed by atoms with Gasteiger partial charge >= 0.3 is 0 Å². The molecule has 2 N–H and O–H groups in total. The smallest absolute Gasteiger partial charge is 0.246 e. The maximum Gasteiger partial charge on any atom is 0.246 e. The van der Waals surface area contributed by atoms with Crippen LogP contribution in [0.4, 0.5) is 0 Å². The van der Waals surface area contributed by atoms with Gasteiger partial charge in [-0.1, -0.05) is 0 Å². The molecule has 4 nitrogen and oxygen atoms in total. The number of piperidine rings is 1. The molecule has 0 aromatic carbocycles. The molecule has 0 aromatic rings. The van der Waals surface area contributed by atoms with Crippen LogP contribution in [0.5, 0.6) is 0 Å². The maximum atomic E-state index is 11.3. The van der Waals surface area contributed by atoms with E-state index in [-0.39, 0.29) is 5.91 Å². The molecule has 0 bridgehead atoms. The minimum atomic E-state index is -0.454. The molecular formula is C9H16N2O2. The van der Waals surface area contributed by atoms with Crippen LogP contribution in [0.3, 0.4) is 0 Å². The van der Waals surface area contributed by atoms with E-state index in [1.807, 2.05) is 0 Å². The first-order valence-corrected chi connectivity index (χ1v) is 4.42. The number of aliphatic hydroxyl groups excluding tert-OH is 1. The second-order valence-corrected chi connectivity index (χ2v) is 3.43. The number of likely N-dealkylation sites (N-methyl/N-ethyl adjacent to an activating group) is 1. The van der Waals surface area contributed by atoms with Crippen molar-refractivity contribution in [2.75, 3.05) is 27.2 Å². The van der Waals surface area contributed by atoms with Gasteiger partial charge in [-0.15, -0.1) is 0 Å². The average Bonchev–Trinajstić information content (AvgIpc) is 2.08. The summed E-state index contributed by atoms with van der Waals surface area (Å²) in [5, 5.41) is 12.6. The van der Waals surface area contributed by atoms with Crippen LogP contribution >= 0.6 is 0 Å². The van der Waals surface area contributed by atoms with Crippen molar-refractivity contribution < 1.29 is 9.90 Å². The predicted octanol–water partition coefficient (Wildman–Crippen LogP) is -0.645. The van der Waals surface area contributed by atoms with Crippen LogP contribution in [0.2, 0.25) is 0 Å². The van der Waals surface area contributed by atoms with Gasteiger partial charge in [0, 0.05) is 26.7 Å². The fourth-order valence-corrected chi connectivity index (χ4v) is 1.21. The summed E-state index contributed by atoms with van der Waals surface area (Å²) in [6.45, 7) is 1.43. The van der Waals surface area contributed by atoms with Crippen LogP contribution in [-0.2, 0) is 4.79 Å². The number of hydrogen-bond acceptors (Lipinski definition) is 3. The highest BCUT2D eigenvalue weighted by Gasteiger charge is 2.16. The molecule has 0 aliphatic carbocycles. The van der Waals surface area contributed by atoms with Gasteiger partial charge in [-0.3, -0.25) is 4.79 Å². The molecule has 0 spiro atoms. The Hall–Kier alpha value is -0.870. The summed E-state index contributed by atoms with van der Waals surface area (Å²) in [7, 11) is 3.39. The first kappa shape index (κ1) is 10.2. The molecule has 1 rings (SSSR count). The third-order valence-electron chi connectivity index (χ3n) is 2.10. The largest absolute Gasteiger partial charge is 0.389 e. The molecule has 1 heterocycles. The summed E-state index contributed by atoms with van der Waals surface area (Å²) in [6, 6.07) is 0. The lowest BCUT2D eigenvalue weighted by atomic mass is 10.0. The van der Waals surface area contributed by atoms with Crippen molar-refractivity contribution in [2.45, 2.75) is 12.5 Å². The summed E-state index contributed by atoms with van der Waals surface area (Å²) < 4.78 is 0. The Morgan fingerprint density at radius 2 is 2.38 bits per heavy atom. The first-order chi connectivity index (χ1) is 6.11. The number of amides is 1. The van der Waals surface area contributed by atoms with Crippen LogP contribution in [0.15, 0.2) is 11.6 Å². The monoisotopic (exact) mass is 184 g/mol. The molecule has 1 atom stereocenters. The van der Waals surface area contributed by atoms with Crippen LogP contribution < -0.4 is 5.32 Å². The molecule has 1 fully saturated rings. The van der Waals surface area contributed by atoms with Crippen LogP contribution in [0, 0.1) is 0 Å². The molecule has 0 radical (unpaired) electrons. The molecule has 1 amide bonds. The van der Waals surface area contributed by atoms with Gasteiger partial charge in [0.2, 0.25) is 5.91 Å². The quantitative estimate of drug-likeness (QED) is 0.533. The Morgan fingerprint density at radius 3 is 2.92 bits per heavy atom. The SMILES string of the molecule is CN(C)C(=O)C=C1CNCCC1O. The van der Waals surface area contributed by atoms with E-state index < -0.39 is 6.10 Å². The van der Waals surface area contributed by atoms with Gasteiger partial charge in [-0.2, -0.15) is 0 Å². The summed E-state index contributed by atoms with van der Waals surface area (Å²) in [4.78, 5) is 12.8. The lowest BCUT2D eigenvalue weighted by Gasteiger charge is -2.22. The second-order valence-electron chi connectivity index (χ2n) is 3.43. The number of aliphatic hydroxyl groups is 1. The van der Waals surface area contributed by atoms with Crippen molar-refractivity contribution in [3.05, 3.63) is 11.6 Å². The molecule has 13 heavy (non-hydrogen) atoms. The lowest BCUT2D eigenvalue weighted by molar-refractivity contribution is -0.123. The summed E-state index contributed by atoms with van der Waals surface area (Å²) in [5.74, 6) is -0.0715. The van der Waals surface area contributed by atoms with Crippen LogP contribution in [-0.4, -0.2) is 49.2 Å². The van der Waals surface area contributed by atoms with E-state index in [2.05, 4.69) is 5.32 Å². The van der Waals surface area contributed by atoms with Crippen LogP contribution in [0.25, 0.3) is 0 Å². The van der Waals surface area contributed by atoms with Gasteiger partial charge in [-0.05, 0) is 18.5 Å². The molecular weight excluding hydrogens is 168 g/mol. The molecule has 1 aliphatic heterocycles. The van der Waals surface area contributed by atoms with Crippen molar-refractivity contribution in [3.8, 4) is 0 Å². The maximum absolute atomic E-state index is 11.3. The Bertz CT molecular complexity index is 224.